The zero-order chi connectivity index (χ0) is 13.7. The summed E-state index contributed by atoms with van der Waals surface area (Å²) in [6.07, 6.45) is 1.82. The number of anilines is 1. The van der Waals surface area contributed by atoms with Crippen molar-refractivity contribution < 1.29 is 0 Å². The zero-order valence-corrected chi connectivity index (χ0v) is 12.8. The number of nitrogens with zero attached hydrogens (tertiary/aromatic N) is 2. The van der Waals surface area contributed by atoms with Crippen LogP contribution in [0.4, 0.5) is 5.69 Å². The van der Waals surface area contributed by atoms with E-state index >= 15 is 0 Å². The molecule has 100 valence electrons. The van der Waals surface area contributed by atoms with E-state index in [0.717, 1.165) is 23.3 Å². The predicted octanol–water partition coefficient (Wildman–Crippen LogP) is 3.52. The van der Waals surface area contributed by atoms with Crippen molar-refractivity contribution >= 4 is 21.6 Å². The number of pyridine rings is 1. The van der Waals surface area contributed by atoms with Gasteiger partial charge >= 0.3 is 0 Å². The third kappa shape index (κ3) is 4.33. The lowest BCUT2D eigenvalue weighted by Crippen LogP contribution is -2.13. The van der Waals surface area contributed by atoms with Crippen molar-refractivity contribution in [2.24, 2.45) is 0 Å². The lowest BCUT2D eigenvalue weighted by atomic mass is 10.1. The van der Waals surface area contributed by atoms with Gasteiger partial charge in [0.2, 0.25) is 0 Å². The Morgan fingerprint density at radius 1 is 1.16 bits per heavy atom. The van der Waals surface area contributed by atoms with Crippen LogP contribution in [-0.2, 0) is 13.1 Å². The van der Waals surface area contributed by atoms with Crippen LogP contribution in [0.25, 0.3) is 0 Å². The summed E-state index contributed by atoms with van der Waals surface area (Å²) in [4.78, 5) is 6.53. The standard InChI is InChI=1S/C15H18BrN3/c1-19(2)11-12-5-3-4-6-15(12)18-10-14-8-7-13(16)9-17-14/h3-9,18H,10-11H2,1-2H3. The summed E-state index contributed by atoms with van der Waals surface area (Å²) in [5, 5.41) is 3.45. The molecule has 0 aliphatic heterocycles. The molecule has 0 aliphatic rings. The maximum atomic E-state index is 4.36. The van der Waals surface area contributed by atoms with Gasteiger partial charge in [-0.05, 0) is 53.8 Å². The van der Waals surface area contributed by atoms with Gasteiger partial charge in [-0.25, -0.2) is 0 Å². The number of benzene rings is 1. The summed E-state index contributed by atoms with van der Waals surface area (Å²) < 4.78 is 1.00. The molecule has 0 spiro atoms. The van der Waals surface area contributed by atoms with Crippen LogP contribution < -0.4 is 5.32 Å². The number of para-hydroxylation sites is 1. The molecule has 19 heavy (non-hydrogen) atoms. The van der Waals surface area contributed by atoms with Crippen LogP contribution >= 0.6 is 15.9 Å². The first-order valence-corrected chi connectivity index (χ1v) is 7.01. The second-order valence-electron chi connectivity index (χ2n) is 4.72. The molecule has 4 heteroatoms. The summed E-state index contributed by atoms with van der Waals surface area (Å²) >= 11 is 3.39. The monoisotopic (exact) mass is 319 g/mol. The van der Waals surface area contributed by atoms with E-state index < -0.39 is 0 Å². The fourth-order valence-corrected chi connectivity index (χ4v) is 2.10. The van der Waals surface area contributed by atoms with Gasteiger partial charge in [0, 0.05) is 22.9 Å². The Bertz CT molecular complexity index is 523. The van der Waals surface area contributed by atoms with Gasteiger partial charge in [0.15, 0.2) is 0 Å². The third-order valence-corrected chi connectivity index (χ3v) is 3.22. The molecule has 0 saturated heterocycles. The van der Waals surface area contributed by atoms with Gasteiger partial charge in [0.25, 0.3) is 0 Å². The molecule has 0 unspecified atom stereocenters. The molecular weight excluding hydrogens is 302 g/mol. The maximum Gasteiger partial charge on any atom is 0.0595 e. The second kappa shape index (κ2) is 6.68. The van der Waals surface area contributed by atoms with E-state index in [1.54, 1.807) is 0 Å². The molecule has 0 bridgehead atoms. The molecule has 1 N–H and O–H groups in total. The zero-order valence-electron chi connectivity index (χ0n) is 11.2. The Kier molecular flexibility index (Phi) is 4.93. The Labute approximate surface area is 122 Å². The van der Waals surface area contributed by atoms with Crippen molar-refractivity contribution in [2.75, 3.05) is 19.4 Å². The Hall–Kier alpha value is -1.39. The molecule has 1 heterocycles. The first-order valence-electron chi connectivity index (χ1n) is 6.22. The van der Waals surface area contributed by atoms with Crippen molar-refractivity contribution in [1.29, 1.82) is 0 Å². The van der Waals surface area contributed by atoms with Crippen molar-refractivity contribution in [1.82, 2.24) is 9.88 Å². The van der Waals surface area contributed by atoms with Crippen molar-refractivity contribution in [3.05, 3.63) is 58.3 Å². The summed E-state index contributed by atoms with van der Waals surface area (Å²) in [7, 11) is 4.15. The van der Waals surface area contributed by atoms with Gasteiger partial charge in [-0.15, -0.1) is 0 Å². The average Bonchev–Trinajstić information content (AvgIpc) is 2.39. The Morgan fingerprint density at radius 3 is 2.63 bits per heavy atom. The van der Waals surface area contributed by atoms with E-state index in [9.17, 15) is 0 Å². The van der Waals surface area contributed by atoms with E-state index in [1.807, 2.05) is 18.3 Å². The Balaban J connectivity index is 2.04. The molecule has 3 nitrogen and oxygen atoms in total. The molecule has 0 radical (unpaired) electrons. The van der Waals surface area contributed by atoms with E-state index in [0.29, 0.717) is 0 Å². The molecule has 0 amide bonds. The minimum absolute atomic E-state index is 0.734. The highest BCUT2D eigenvalue weighted by Crippen LogP contribution is 2.17. The number of aromatic nitrogens is 1. The quantitative estimate of drug-likeness (QED) is 0.914. The highest BCUT2D eigenvalue weighted by atomic mass is 79.9. The highest BCUT2D eigenvalue weighted by molar-refractivity contribution is 9.10. The van der Waals surface area contributed by atoms with Crippen LogP contribution in [0.5, 0.6) is 0 Å². The van der Waals surface area contributed by atoms with Crippen LogP contribution in [0.15, 0.2) is 47.1 Å². The number of hydrogen-bond acceptors (Lipinski definition) is 3. The normalized spacial score (nSPS) is 10.7. The van der Waals surface area contributed by atoms with E-state index in [2.05, 4.69) is 69.5 Å². The van der Waals surface area contributed by atoms with E-state index in [4.69, 9.17) is 0 Å². The van der Waals surface area contributed by atoms with Crippen LogP contribution in [0, 0.1) is 0 Å². The first-order chi connectivity index (χ1) is 9.15. The minimum Gasteiger partial charge on any atom is -0.379 e. The number of halogens is 1. The largest absolute Gasteiger partial charge is 0.379 e. The molecular formula is C15H18BrN3. The highest BCUT2D eigenvalue weighted by Gasteiger charge is 2.03. The fraction of sp³-hybridized carbons (Fsp3) is 0.267. The predicted molar refractivity (Wildman–Crippen MR) is 83.1 cm³/mol. The molecule has 0 aliphatic carbocycles. The first kappa shape index (κ1) is 14.0. The Morgan fingerprint density at radius 2 is 1.95 bits per heavy atom. The van der Waals surface area contributed by atoms with Crippen LogP contribution in [0.3, 0.4) is 0 Å². The lowest BCUT2D eigenvalue weighted by Gasteiger charge is -2.15. The van der Waals surface area contributed by atoms with E-state index in [1.165, 1.54) is 11.3 Å². The molecule has 1 aromatic carbocycles. The molecule has 2 aromatic rings. The number of rotatable bonds is 5. The van der Waals surface area contributed by atoms with Crippen molar-refractivity contribution in [3.63, 3.8) is 0 Å². The lowest BCUT2D eigenvalue weighted by molar-refractivity contribution is 0.403. The summed E-state index contributed by atoms with van der Waals surface area (Å²) in [5.41, 5.74) is 3.49. The van der Waals surface area contributed by atoms with Gasteiger partial charge in [-0.2, -0.15) is 0 Å². The van der Waals surface area contributed by atoms with Gasteiger partial charge in [0.05, 0.1) is 12.2 Å². The third-order valence-electron chi connectivity index (χ3n) is 2.75. The van der Waals surface area contributed by atoms with Gasteiger partial charge < -0.3 is 10.2 Å². The van der Waals surface area contributed by atoms with Crippen LogP contribution in [-0.4, -0.2) is 24.0 Å². The second-order valence-corrected chi connectivity index (χ2v) is 5.63. The minimum atomic E-state index is 0.734. The summed E-state index contributed by atoms with van der Waals surface area (Å²) in [5.74, 6) is 0. The molecule has 0 atom stereocenters. The fourth-order valence-electron chi connectivity index (χ4n) is 1.87. The van der Waals surface area contributed by atoms with Crippen LogP contribution in [0.2, 0.25) is 0 Å². The number of hydrogen-bond donors (Lipinski definition) is 1. The molecule has 0 saturated carbocycles. The average molecular weight is 320 g/mol. The van der Waals surface area contributed by atoms with Gasteiger partial charge in [-0.1, -0.05) is 18.2 Å². The molecule has 1 aromatic heterocycles. The molecule has 0 fully saturated rings. The van der Waals surface area contributed by atoms with Gasteiger partial charge in [0.1, 0.15) is 0 Å². The van der Waals surface area contributed by atoms with Crippen LogP contribution in [0.1, 0.15) is 11.3 Å². The van der Waals surface area contributed by atoms with E-state index in [-0.39, 0.29) is 0 Å². The smallest absolute Gasteiger partial charge is 0.0595 e. The molecule has 2 rings (SSSR count). The van der Waals surface area contributed by atoms with Gasteiger partial charge in [-0.3, -0.25) is 4.98 Å². The maximum absolute atomic E-state index is 4.36. The number of nitrogens with one attached hydrogen (secondary N) is 1. The van der Waals surface area contributed by atoms with Crippen molar-refractivity contribution in [3.8, 4) is 0 Å². The van der Waals surface area contributed by atoms with Crippen molar-refractivity contribution in [2.45, 2.75) is 13.1 Å². The summed E-state index contributed by atoms with van der Waals surface area (Å²) in [6, 6.07) is 12.4. The topological polar surface area (TPSA) is 28.2 Å². The summed E-state index contributed by atoms with van der Waals surface area (Å²) in [6.45, 7) is 1.66. The SMILES string of the molecule is CN(C)Cc1ccccc1NCc1ccc(Br)cn1.